The van der Waals surface area contributed by atoms with Crippen LogP contribution in [0.1, 0.15) is 45.4 Å². The summed E-state index contributed by atoms with van der Waals surface area (Å²) in [4.78, 5) is 11.4. The summed E-state index contributed by atoms with van der Waals surface area (Å²) in [5, 5.41) is 0. The number of Topliss-reactive ketones (excluding diaryl/α,β-unsaturated/α-hetero) is 1. The molecular formula is C10H16O. The van der Waals surface area contributed by atoms with Gasteiger partial charge in [0.2, 0.25) is 0 Å². The van der Waals surface area contributed by atoms with Gasteiger partial charge in [0.15, 0.2) is 0 Å². The normalized spacial score (nSPS) is 42.5. The van der Waals surface area contributed by atoms with Crippen LogP contribution in [-0.4, -0.2) is 5.78 Å². The smallest absolute Gasteiger partial charge is 0.135 e. The van der Waals surface area contributed by atoms with Crippen molar-refractivity contribution in [3.8, 4) is 0 Å². The van der Waals surface area contributed by atoms with E-state index in [2.05, 4.69) is 0 Å². The molecule has 0 atom stereocenters. The molecular weight excluding hydrogens is 136 g/mol. The Morgan fingerprint density at radius 1 is 1.18 bits per heavy atom. The fourth-order valence-electron chi connectivity index (χ4n) is 2.78. The predicted molar refractivity (Wildman–Crippen MR) is 44.3 cm³/mol. The second-order valence-electron chi connectivity index (χ2n) is 4.32. The third-order valence-electron chi connectivity index (χ3n) is 3.84. The molecule has 0 saturated heterocycles. The number of ketones is 1. The molecule has 0 radical (unpaired) electrons. The molecule has 0 unspecified atom stereocenters. The summed E-state index contributed by atoms with van der Waals surface area (Å²) in [5.41, 5.74) is 0.148. The fraction of sp³-hybridized carbons (Fsp3) is 0.900. The Hall–Kier alpha value is -0.330. The van der Waals surface area contributed by atoms with Gasteiger partial charge in [0.05, 0.1) is 0 Å². The molecule has 0 N–H and O–H groups in total. The Morgan fingerprint density at radius 3 is 1.91 bits per heavy atom. The van der Waals surface area contributed by atoms with Crippen molar-refractivity contribution in [2.24, 2.45) is 11.3 Å². The van der Waals surface area contributed by atoms with E-state index in [-0.39, 0.29) is 5.41 Å². The summed E-state index contributed by atoms with van der Waals surface area (Å²) in [5.74, 6) is 1.42. The Kier molecular flexibility index (Phi) is 1.55. The number of carbonyl (C=O) groups excluding carboxylic acids is 1. The van der Waals surface area contributed by atoms with E-state index >= 15 is 0 Å². The number of rotatable bonds is 1. The molecule has 2 bridgehead atoms. The molecule has 0 aromatic rings. The van der Waals surface area contributed by atoms with Crippen molar-refractivity contribution in [3.05, 3.63) is 0 Å². The van der Waals surface area contributed by atoms with Crippen LogP contribution in [0.3, 0.4) is 0 Å². The molecule has 3 aliphatic carbocycles. The molecule has 0 amide bonds. The van der Waals surface area contributed by atoms with Crippen LogP contribution in [0.2, 0.25) is 0 Å². The maximum atomic E-state index is 11.4. The van der Waals surface area contributed by atoms with Crippen molar-refractivity contribution < 1.29 is 4.79 Å². The first kappa shape index (κ1) is 7.33. The van der Waals surface area contributed by atoms with Crippen LogP contribution in [0.4, 0.5) is 0 Å². The lowest BCUT2D eigenvalue weighted by molar-refractivity contribution is -0.132. The first-order chi connectivity index (χ1) is 5.23. The van der Waals surface area contributed by atoms with Crippen LogP contribution < -0.4 is 0 Å². The van der Waals surface area contributed by atoms with Gasteiger partial charge in [0.25, 0.3) is 0 Å². The third-order valence-corrected chi connectivity index (χ3v) is 3.84. The lowest BCUT2D eigenvalue weighted by atomic mass is 9.59. The molecule has 62 valence electrons. The summed E-state index contributed by atoms with van der Waals surface area (Å²) in [6.45, 7) is 1.78. The van der Waals surface area contributed by atoms with Crippen LogP contribution in [0.25, 0.3) is 0 Å². The highest BCUT2D eigenvalue weighted by Gasteiger charge is 2.43. The van der Waals surface area contributed by atoms with Gasteiger partial charge in [-0.15, -0.1) is 0 Å². The first-order valence-corrected chi connectivity index (χ1v) is 4.74. The second-order valence-corrected chi connectivity index (χ2v) is 4.32. The number of hydrogen-bond donors (Lipinski definition) is 0. The molecule has 3 rings (SSSR count). The fourth-order valence-corrected chi connectivity index (χ4v) is 2.78. The molecule has 3 fully saturated rings. The molecule has 0 heterocycles. The van der Waals surface area contributed by atoms with Crippen molar-refractivity contribution in [1.29, 1.82) is 0 Å². The highest BCUT2D eigenvalue weighted by atomic mass is 16.1. The van der Waals surface area contributed by atoms with Gasteiger partial charge >= 0.3 is 0 Å². The van der Waals surface area contributed by atoms with Crippen LogP contribution in [0.15, 0.2) is 0 Å². The zero-order chi connectivity index (χ0) is 7.90. The van der Waals surface area contributed by atoms with Gasteiger partial charge in [-0.25, -0.2) is 0 Å². The van der Waals surface area contributed by atoms with Crippen LogP contribution in [-0.2, 0) is 4.79 Å². The average Bonchev–Trinajstić information content (AvgIpc) is 2.08. The first-order valence-electron chi connectivity index (χ1n) is 4.74. The van der Waals surface area contributed by atoms with Gasteiger partial charge < -0.3 is 0 Å². The molecule has 3 aliphatic rings. The van der Waals surface area contributed by atoms with Crippen molar-refractivity contribution in [2.75, 3.05) is 0 Å². The average molecular weight is 152 g/mol. The largest absolute Gasteiger partial charge is 0.299 e. The molecule has 3 saturated carbocycles. The third kappa shape index (κ3) is 1.02. The minimum Gasteiger partial charge on any atom is -0.299 e. The van der Waals surface area contributed by atoms with E-state index in [1.807, 2.05) is 0 Å². The van der Waals surface area contributed by atoms with Crippen molar-refractivity contribution in [1.82, 2.24) is 0 Å². The van der Waals surface area contributed by atoms with Gasteiger partial charge in [-0.2, -0.15) is 0 Å². The van der Waals surface area contributed by atoms with E-state index in [0.29, 0.717) is 5.78 Å². The van der Waals surface area contributed by atoms with Gasteiger partial charge in [-0.3, -0.25) is 4.79 Å². The van der Waals surface area contributed by atoms with Crippen molar-refractivity contribution >= 4 is 5.78 Å². The van der Waals surface area contributed by atoms with E-state index in [1.54, 1.807) is 6.92 Å². The van der Waals surface area contributed by atoms with E-state index in [4.69, 9.17) is 0 Å². The van der Waals surface area contributed by atoms with Gasteiger partial charge in [-0.1, -0.05) is 0 Å². The Labute approximate surface area is 68.2 Å². The van der Waals surface area contributed by atoms with Gasteiger partial charge in [-0.05, 0) is 51.4 Å². The van der Waals surface area contributed by atoms with Crippen molar-refractivity contribution in [2.45, 2.75) is 45.4 Å². The minimum absolute atomic E-state index is 0.148. The highest BCUT2D eigenvalue weighted by Crippen LogP contribution is 2.50. The maximum Gasteiger partial charge on any atom is 0.135 e. The molecule has 1 nitrogen and oxygen atoms in total. The highest BCUT2D eigenvalue weighted by molar-refractivity contribution is 5.82. The van der Waals surface area contributed by atoms with E-state index in [1.165, 1.54) is 38.5 Å². The summed E-state index contributed by atoms with van der Waals surface area (Å²) < 4.78 is 0. The quantitative estimate of drug-likeness (QED) is 0.564. The Balaban J connectivity index is 2.18. The van der Waals surface area contributed by atoms with Gasteiger partial charge in [0.1, 0.15) is 5.78 Å². The monoisotopic (exact) mass is 152 g/mol. The Bertz CT molecular complexity index is 162. The lowest BCUT2D eigenvalue weighted by Gasteiger charge is -2.44. The second kappa shape index (κ2) is 2.33. The molecule has 0 aromatic carbocycles. The van der Waals surface area contributed by atoms with Crippen LogP contribution in [0.5, 0.6) is 0 Å². The van der Waals surface area contributed by atoms with E-state index in [0.717, 1.165) is 5.92 Å². The molecule has 0 spiro atoms. The summed E-state index contributed by atoms with van der Waals surface area (Å²) in [6, 6.07) is 0. The SMILES string of the molecule is CC(=O)C12CCC(CC1)CC2. The summed E-state index contributed by atoms with van der Waals surface area (Å²) in [6.07, 6.45) is 7.52. The topological polar surface area (TPSA) is 17.1 Å². The molecule has 1 heteroatoms. The molecule has 11 heavy (non-hydrogen) atoms. The van der Waals surface area contributed by atoms with Crippen LogP contribution >= 0.6 is 0 Å². The number of hydrogen-bond acceptors (Lipinski definition) is 1. The lowest BCUT2D eigenvalue weighted by Crippen LogP contribution is -2.39. The maximum absolute atomic E-state index is 11.4. The number of fused-ring (bicyclic) bond motifs is 3. The van der Waals surface area contributed by atoms with Crippen LogP contribution in [0, 0.1) is 11.3 Å². The van der Waals surface area contributed by atoms with Crippen molar-refractivity contribution in [3.63, 3.8) is 0 Å². The zero-order valence-electron chi connectivity index (χ0n) is 7.23. The Morgan fingerprint density at radius 2 is 1.64 bits per heavy atom. The standard InChI is InChI=1S/C10H16O/c1-8(11)10-5-2-9(3-6-10)4-7-10/h9H,2-7H2,1H3. The summed E-state index contributed by atoms with van der Waals surface area (Å²) >= 11 is 0. The number of carbonyl (C=O) groups is 1. The van der Waals surface area contributed by atoms with E-state index < -0.39 is 0 Å². The summed E-state index contributed by atoms with van der Waals surface area (Å²) in [7, 11) is 0. The molecule has 0 aliphatic heterocycles. The van der Waals surface area contributed by atoms with Gasteiger partial charge in [0, 0.05) is 5.41 Å². The zero-order valence-corrected chi connectivity index (χ0v) is 7.23. The van der Waals surface area contributed by atoms with E-state index in [9.17, 15) is 4.79 Å². The molecule has 0 aromatic heterocycles. The minimum atomic E-state index is 0.148. The predicted octanol–water partition coefficient (Wildman–Crippen LogP) is 2.55.